The number of carbonyl (C=O) groups excluding carboxylic acids is 1. The minimum atomic E-state index is -0.306. The van der Waals surface area contributed by atoms with Crippen LogP contribution in [0.5, 0.6) is 11.5 Å². The van der Waals surface area contributed by atoms with E-state index in [0.29, 0.717) is 30.3 Å². The second kappa shape index (κ2) is 8.06. The number of ether oxygens (including phenoxy) is 4. The fraction of sp³-hybridized carbons (Fsp3) is 0.476. The molecule has 0 amide bonds. The lowest BCUT2D eigenvalue weighted by Crippen LogP contribution is -2.26. The van der Waals surface area contributed by atoms with Crippen molar-refractivity contribution in [3.05, 3.63) is 35.9 Å². The first-order valence-corrected chi connectivity index (χ1v) is 9.42. The summed E-state index contributed by atoms with van der Waals surface area (Å²) in [4.78, 5) is 11.7. The third-order valence-corrected chi connectivity index (χ3v) is 4.90. The van der Waals surface area contributed by atoms with Crippen molar-refractivity contribution in [2.24, 2.45) is 0 Å². The molecule has 2 aromatic carbocycles. The van der Waals surface area contributed by atoms with Crippen molar-refractivity contribution in [1.82, 2.24) is 0 Å². The van der Waals surface area contributed by atoms with Crippen molar-refractivity contribution in [3.63, 3.8) is 0 Å². The van der Waals surface area contributed by atoms with Gasteiger partial charge in [-0.2, -0.15) is 0 Å². The van der Waals surface area contributed by atoms with Crippen LogP contribution in [0.2, 0.25) is 0 Å². The van der Waals surface area contributed by atoms with Crippen LogP contribution in [0.1, 0.15) is 48.9 Å². The summed E-state index contributed by atoms with van der Waals surface area (Å²) in [5.74, 6) is 1.23. The summed E-state index contributed by atoms with van der Waals surface area (Å²) in [6, 6.07) is 9.59. The summed E-state index contributed by atoms with van der Waals surface area (Å²) in [6.45, 7) is 1.41. The van der Waals surface area contributed by atoms with E-state index in [1.807, 2.05) is 24.3 Å². The molecule has 0 bridgehead atoms. The van der Waals surface area contributed by atoms with Crippen molar-refractivity contribution in [2.75, 3.05) is 13.2 Å². The Kier molecular flexibility index (Phi) is 5.37. The molecule has 0 spiro atoms. The fourth-order valence-electron chi connectivity index (χ4n) is 3.53. The number of hydrogen-bond acceptors (Lipinski definition) is 5. The van der Waals surface area contributed by atoms with Gasteiger partial charge < -0.3 is 18.9 Å². The highest BCUT2D eigenvalue weighted by atomic mass is 16.7. The highest BCUT2D eigenvalue weighted by Gasteiger charge is 2.22. The Bertz CT molecular complexity index is 760. The van der Waals surface area contributed by atoms with Gasteiger partial charge in [-0.25, -0.2) is 0 Å². The summed E-state index contributed by atoms with van der Waals surface area (Å²) >= 11 is 0. The van der Waals surface area contributed by atoms with Crippen LogP contribution < -0.4 is 9.47 Å². The predicted octanol–water partition coefficient (Wildman–Crippen LogP) is 4.46. The standard InChI is InChI=1S/C21H24O5/c22-14-15-13-18(25-19-9-3-5-11-23-19)16-7-1-2-8-17(16)21(15)26-20-10-4-6-12-24-20/h1-2,7-8,13-14,19-20H,3-6,9-12H2. The maximum Gasteiger partial charge on any atom is 0.199 e. The molecule has 26 heavy (non-hydrogen) atoms. The average molecular weight is 356 g/mol. The molecule has 4 rings (SSSR count). The van der Waals surface area contributed by atoms with Crippen LogP contribution in [0, 0.1) is 0 Å². The van der Waals surface area contributed by atoms with Crippen LogP contribution >= 0.6 is 0 Å². The quantitative estimate of drug-likeness (QED) is 0.740. The number of rotatable bonds is 5. The predicted molar refractivity (Wildman–Crippen MR) is 97.8 cm³/mol. The molecule has 2 atom stereocenters. The van der Waals surface area contributed by atoms with Gasteiger partial charge in [0, 0.05) is 23.6 Å². The zero-order valence-corrected chi connectivity index (χ0v) is 14.8. The summed E-state index contributed by atoms with van der Waals surface area (Å²) in [5, 5.41) is 1.77. The lowest BCUT2D eigenvalue weighted by atomic mass is 10.0. The maximum absolute atomic E-state index is 11.7. The van der Waals surface area contributed by atoms with Gasteiger partial charge in [0.05, 0.1) is 18.8 Å². The minimum absolute atomic E-state index is 0.264. The van der Waals surface area contributed by atoms with Gasteiger partial charge in [-0.3, -0.25) is 4.79 Å². The number of fused-ring (bicyclic) bond motifs is 1. The maximum atomic E-state index is 11.7. The molecule has 138 valence electrons. The molecule has 2 aromatic rings. The van der Waals surface area contributed by atoms with E-state index in [9.17, 15) is 4.79 Å². The molecular formula is C21H24O5. The zero-order chi connectivity index (χ0) is 17.8. The van der Waals surface area contributed by atoms with Crippen LogP contribution in [0.4, 0.5) is 0 Å². The van der Waals surface area contributed by atoms with Crippen LogP contribution in [0.15, 0.2) is 30.3 Å². The van der Waals surface area contributed by atoms with E-state index in [-0.39, 0.29) is 12.6 Å². The molecule has 0 saturated carbocycles. The average Bonchev–Trinajstić information content (AvgIpc) is 2.71. The Hall–Kier alpha value is -2.11. The number of hydrogen-bond donors (Lipinski definition) is 0. The van der Waals surface area contributed by atoms with Gasteiger partial charge in [-0.1, -0.05) is 24.3 Å². The molecular weight excluding hydrogens is 332 g/mol. The van der Waals surface area contributed by atoms with Crippen molar-refractivity contribution in [2.45, 2.75) is 51.1 Å². The first kappa shape index (κ1) is 17.3. The van der Waals surface area contributed by atoms with Crippen molar-refractivity contribution in [3.8, 4) is 11.5 Å². The smallest absolute Gasteiger partial charge is 0.199 e. The summed E-state index contributed by atoms with van der Waals surface area (Å²) < 4.78 is 23.6. The Morgan fingerprint density at radius 3 is 2.15 bits per heavy atom. The van der Waals surface area contributed by atoms with Gasteiger partial charge >= 0.3 is 0 Å². The Morgan fingerprint density at radius 2 is 1.54 bits per heavy atom. The molecule has 5 heteroatoms. The molecule has 2 saturated heterocycles. The third kappa shape index (κ3) is 3.69. The lowest BCUT2D eigenvalue weighted by molar-refractivity contribution is -0.106. The van der Waals surface area contributed by atoms with Crippen molar-refractivity contribution >= 4 is 17.1 Å². The van der Waals surface area contributed by atoms with Crippen LogP contribution in [-0.4, -0.2) is 32.1 Å². The molecule has 0 N–H and O–H groups in total. The monoisotopic (exact) mass is 356 g/mol. The number of carbonyl (C=O) groups is 1. The van der Waals surface area contributed by atoms with Gasteiger partial charge in [0.1, 0.15) is 11.5 Å². The molecule has 2 aliphatic heterocycles. The first-order chi connectivity index (χ1) is 12.8. The van der Waals surface area contributed by atoms with E-state index < -0.39 is 0 Å². The molecule has 2 unspecified atom stereocenters. The van der Waals surface area contributed by atoms with E-state index in [2.05, 4.69) is 0 Å². The van der Waals surface area contributed by atoms with Gasteiger partial charge in [0.25, 0.3) is 0 Å². The second-order valence-electron chi connectivity index (χ2n) is 6.78. The highest BCUT2D eigenvalue weighted by Crippen LogP contribution is 2.38. The van der Waals surface area contributed by atoms with E-state index in [1.54, 1.807) is 6.07 Å². The van der Waals surface area contributed by atoms with Gasteiger partial charge in [-0.05, 0) is 31.7 Å². The molecule has 0 aliphatic carbocycles. The first-order valence-electron chi connectivity index (χ1n) is 9.42. The lowest BCUT2D eigenvalue weighted by Gasteiger charge is -2.27. The Labute approximate surface area is 153 Å². The normalized spacial score (nSPS) is 23.5. The third-order valence-electron chi connectivity index (χ3n) is 4.90. The summed E-state index contributed by atoms with van der Waals surface area (Å²) in [6.07, 6.45) is 6.21. The molecule has 0 radical (unpaired) electrons. The minimum Gasteiger partial charge on any atom is -0.464 e. The Morgan fingerprint density at radius 1 is 0.885 bits per heavy atom. The second-order valence-corrected chi connectivity index (χ2v) is 6.78. The van der Waals surface area contributed by atoms with Gasteiger partial charge in [0.2, 0.25) is 0 Å². The number of aldehydes is 1. The van der Waals surface area contributed by atoms with E-state index in [0.717, 1.165) is 55.6 Å². The zero-order valence-electron chi connectivity index (χ0n) is 14.8. The molecule has 0 aromatic heterocycles. The molecule has 2 heterocycles. The van der Waals surface area contributed by atoms with Crippen molar-refractivity contribution in [1.29, 1.82) is 0 Å². The van der Waals surface area contributed by atoms with E-state index in [1.165, 1.54) is 0 Å². The van der Waals surface area contributed by atoms with Crippen molar-refractivity contribution < 1.29 is 23.7 Å². The molecule has 2 aliphatic rings. The van der Waals surface area contributed by atoms with Crippen LogP contribution in [0.3, 0.4) is 0 Å². The molecule has 5 nitrogen and oxygen atoms in total. The Balaban J connectivity index is 1.70. The molecule has 2 fully saturated rings. The van der Waals surface area contributed by atoms with E-state index in [4.69, 9.17) is 18.9 Å². The van der Waals surface area contributed by atoms with Gasteiger partial charge in [-0.15, -0.1) is 0 Å². The summed E-state index contributed by atoms with van der Waals surface area (Å²) in [7, 11) is 0. The number of benzene rings is 2. The largest absolute Gasteiger partial charge is 0.464 e. The SMILES string of the molecule is O=Cc1cc(OC2CCCCO2)c2ccccc2c1OC1CCCCO1. The van der Waals surface area contributed by atoms with E-state index >= 15 is 0 Å². The van der Waals surface area contributed by atoms with Gasteiger partial charge in [0.15, 0.2) is 18.9 Å². The van der Waals surface area contributed by atoms with Crippen LogP contribution in [0.25, 0.3) is 10.8 Å². The fourth-order valence-corrected chi connectivity index (χ4v) is 3.53. The van der Waals surface area contributed by atoms with Crippen LogP contribution in [-0.2, 0) is 9.47 Å². The topological polar surface area (TPSA) is 54.0 Å². The highest BCUT2D eigenvalue weighted by molar-refractivity contribution is 6.00. The summed E-state index contributed by atoms with van der Waals surface area (Å²) in [5.41, 5.74) is 0.476.